The highest BCUT2D eigenvalue weighted by Gasteiger charge is 2.24. The molecule has 2 N–H and O–H groups in total. The maximum atomic E-state index is 13.0. The lowest BCUT2D eigenvalue weighted by Crippen LogP contribution is -2.29. The summed E-state index contributed by atoms with van der Waals surface area (Å²) in [6.45, 7) is 3.81. The van der Waals surface area contributed by atoms with Gasteiger partial charge in [-0.1, -0.05) is 30.9 Å². The van der Waals surface area contributed by atoms with Crippen molar-refractivity contribution in [2.75, 3.05) is 5.32 Å². The third-order valence-corrected chi connectivity index (χ3v) is 6.10. The van der Waals surface area contributed by atoms with Crippen LogP contribution < -0.4 is 10.9 Å². The minimum Gasteiger partial charge on any atom is -0.350 e. The molecular formula is C21H25ClN4O2. The summed E-state index contributed by atoms with van der Waals surface area (Å²) >= 11 is 6.12. The van der Waals surface area contributed by atoms with Gasteiger partial charge >= 0.3 is 0 Å². The third-order valence-electron chi connectivity index (χ3n) is 5.89. The predicted octanol–water partition coefficient (Wildman–Crippen LogP) is 4.70. The van der Waals surface area contributed by atoms with Gasteiger partial charge in [0.05, 0.1) is 11.7 Å². The molecule has 0 unspecified atom stereocenters. The average molecular weight is 401 g/mol. The van der Waals surface area contributed by atoms with E-state index in [-0.39, 0.29) is 17.5 Å². The van der Waals surface area contributed by atoms with Crippen LogP contribution in [-0.4, -0.2) is 20.3 Å². The number of amides is 1. The molecule has 0 bridgehead atoms. The standard InChI is InChI=1S/C21H25ClN4O2/c1-12-9-15(22)10-14-11-17(23-18(12)14)20(27)24-19-13(2)25(3)26(21(19)28)16-7-5-4-6-8-16/h9-11,16,23H,4-8H2,1-3H3,(H,24,27). The Morgan fingerprint density at radius 1 is 1.18 bits per heavy atom. The topological polar surface area (TPSA) is 71.8 Å². The van der Waals surface area contributed by atoms with E-state index < -0.39 is 0 Å². The van der Waals surface area contributed by atoms with Crippen molar-refractivity contribution in [3.05, 3.63) is 50.5 Å². The lowest BCUT2D eigenvalue weighted by molar-refractivity contribution is 0.102. The van der Waals surface area contributed by atoms with Crippen LogP contribution in [-0.2, 0) is 7.05 Å². The van der Waals surface area contributed by atoms with E-state index in [1.54, 1.807) is 10.7 Å². The fourth-order valence-electron chi connectivity index (χ4n) is 4.29. The Morgan fingerprint density at radius 2 is 1.89 bits per heavy atom. The normalized spacial score (nSPS) is 15.3. The molecule has 7 heteroatoms. The first-order chi connectivity index (χ1) is 13.4. The smallest absolute Gasteiger partial charge is 0.291 e. The van der Waals surface area contributed by atoms with Gasteiger partial charge in [0.15, 0.2) is 0 Å². The van der Waals surface area contributed by atoms with Crippen molar-refractivity contribution in [1.82, 2.24) is 14.3 Å². The van der Waals surface area contributed by atoms with Gasteiger partial charge in [-0.15, -0.1) is 0 Å². The highest BCUT2D eigenvalue weighted by Crippen LogP contribution is 2.29. The van der Waals surface area contributed by atoms with E-state index in [1.165, 1.54) is 6.42 Å². The van der Waals surface area contributed by atoms with Crippen molar-refractivity contribution in [3.63, 3.8) is 0 Å². The van der Waals surface area contributed by atoms with Crippen molar-refractivity contribution >= 4 is 34.1 Å². The highest BCUT2D eigenvalue weighted by molar-refractivity contribution is 6.31. The number of aromatic amines is 1. The number of aromatic nitrogens is 3. The van der Waals surface area contributed by atoms with Crippen molar-refractivity contribution < 1.29 is 4.79 Å². The molecule has 4 rings (SSSR count). The van der Waals surface area contributed by atoms with Crippen LogP contribution in [0.2, 0.25) is 5.02 Å². The second-order valence-electron chi connectivity index (χ2n) is 7.75. The van der Waals surface area contributed by atoms with Gasteiger partial charge in [0.2, 0.25) is 0 Å². The summed E-state index contributed by atoms with van der Waals surface area (Å²) in [5, 5.41) is 4.34. The number of carbonyl (C=O) groups excluding carboxylic acids is 1. The van der Waals surface area contributed by atoms with Crippen molar-refractivity contribution in [1.29, 1.82) is 0 Å². The number of hydrogen-bond acceptors (Lipinski definition) is 2. The molecule has 0 spiro atoms. The van der Waals surface area contributed by atoms with Crippen LogP contribution >= 0.6 is 11.6 Å². The number of halogens is 1. The van der Waals surface area contributed by atoms with E-state index in [2.05, 4.69) is 10.3 Å². The van der Waals surface area contributed by atoms with Crippen LogP contribution in [0.4, 0.5) is 5.69 Å². The Balaban J connectivity index is 1.67. The molecule has 2 aromatic heterocycles. The number of H-pyrrole nitrogens is 1. The second kappa shape index (κ2) is 7.17. The molecule has 148 valence electrons. The highest BCUT2D eigenvalue weighted by atomic mass is 35.5. The van der Waals surface area contributed by atoms with Gasteiger partial charge in [-0.25, -0.2) is 4.68 Å². The third kappa shape index (κ3) is 3.15. The van der Waals surface area contributed by atoms with Crippen LogP contribution in [0.3, 0.4) is 0 Å². The quantitative estimate of drug-likeness (QED) is 0.669. The van der Waals surface area contributed by atoms with E-state index in [9.17, 15) is 9.59 Å². The first kappa shape index (κ1) is 18.9. The predicted molar refractivity (Wildman–Crippen MR) is 113 cm³/mol. The molecule has 1 aliphatic carbocycles. The van der Waals surface area contributed by atoms with Gasteiger partial charge in [-0.3, -0.25) is 14.3 Å². The molecule has 1 aliphatic rings. The summed E-state index contributed by atoms with van der Waals surface area (Å²) < 4.78 is 3.68. The number of benzene rings is 1. The average Bonchev–Trinajstić information content (AvgIpc) is 3.18. The number of nitrogens with zero attached hydrogens (tertiary/aromatic N) is 2. The van der Waals surface area contributed by atoms with Gasteiger partial charge < -0.3 is 10.3 Å². The molecule has 1 fully saturated rings. The Hall–Kier alpha value is -2.47. The second-order valence-corrected chi connectivity index (χ2v) is 8.19. The zero-order valence-corrected chi connectivity index (χ0v) is 17.2. The number of anilines is 1. The SMILES string of the molecule is Cc1cc(Cl)cc2cc(C(=O)Nc3c(C)n(C)n(C4CCCCC4)c3=O)[nH]c12. The molecule has 28 heavy (non-hydrogen) atoms. The lowest BCUT2D eigenvalue weighted by atomic mass is 9.96. The number of carbonyl (C=O) groups is 1. The molecule has 1 saturated carbocycles. The zero-order chi connectivity index (χ0) is 20.0. The summed E-state index contributed by atoms with van der Waals surface area (Å²) in [6.07, 6.45) is 5.52. The Kier molecular flexibility index (Phi) is 4.83. The van der Waals surface area contributed by atoms with Crippen LogP contribution in [0.5, 0.6) is 0 Å². The van der Waals surface area contributed by atoms with Crippen molar-refractivity contribution in [3.8, 4) is 0 Å². The summed E-state index contributed by atoms with van der Waals surface area (Å²) in [5.74, 6) is -0.326. The Bertz CT molecular complexity index is 1120. The van der Waals surface area contributed by atoms with E-state index in [0.717, 1.165) is 47.8 Å². The minimum atomic E-state index is -0.326. The van der Waals surface area contributed by atoms with Gasteiger partial charge in [0.25, 0.3) is 11.5 Å². The maximum absolute atomic E-state index is 13.0. The number of fused-ring (bicyclic) bond motifs is 1. The fraction of sp³-hybridized carbons (Fsp3) is 0.429. The molecule has 3 aromatic rings. The number of rotatable bonds is 3. The number of nitrogens with one attached hydrogen (secondary N) is 2. The minimum absolute atomic E-state index is 0.129. The fourth-order valence-corrected chi connectivity index (χ4v) is 4.57. The van der Waals surface area contributed by atoms with Crippen LogP contribution in [0, 0.1) is 13.8 Å². The van der Waals surface area contributed by atoms with Crippen LogP contribution in [0.25, 0.3) is 10.9 Å². The number of hydrogen-bond donors (Lipinski definition) is 2. The molecular weight excluding hydrogens is 376 g/mol. The van der Waals surface area contributed by atoms with Gasteiger partial charge in [0, 0.05) is 23.0 Å². The maximum Gasteiger partial charge on any atom is 0.291 e. The Labute approximate surface area is 168 Å². The molecule has 1 aromatic carbocycles. The van der Waals surface area contributed by atoms with E-state index in [4.69, 9.17) is 11.6 Å². The molecule has 1 amide bonds. The lowest BCUT2D eigenvalue weighted by Gasteiger charge is -2.24. The Morgan fingerprint density at radius 3 is 2.61 bits per heavy atom. The van der Waals surface area contributed by atoms with Crippen LogP contribution in [0.1, 0.15) is 59.9 Å². The molecule has 0 radical (unpaired) electrons. The number of aryl methyl sites for hydroxylation is 1. The molecule has 0 saturated heterocycles. The molecule has 0 atom stereocenters. The summed E-state index contributed by atoms with van der Waals surface area (Å²) in [6, 6.07) is 5.64. The monoisotopic (exact) mass is 400 g/mol. The van der Waals surface area contributed by atoms with Crippen molar-refractivity contribution in [2.24, 2.45) is 7.05 Å². The van der Waals surface area contributed by atoms with Gasteiger partial charge in [-0.05, 0) is 50.5 Å². The first-order valence-corrected chi connectivity index (χ1v) is 10.1. The molecule has 0 aliphatic heterocycles. The molecule has 2 heterocycles. The van der Waals surface area contributed by atoms with Crippen LogP contribution in [0.15, 0.2) is 23.0 Å². The van der Waals surface area contributed by atoms with E-state index in [0.29, 0.717) is 16.4 Å². The largest absolute Gasteiger partial charge is 0.350 e. The molecule has 6 nitrogen and oxygen atoms in total. The van der Waals surface area contributed by atoms with E-state index in [1.807, 2.05) is 37.7 Å². The summed E-state index contributed by atoms with van der Waals surface area (Å²) in [7, 11) is 1.88. The zero-order valence-electron chi connectivity index (χ0n) is 16.4. The summed E-state index contributed by atoms with van der Waals surface area (Å²) in [4.78, 5) is 29.0. The van der Waals surface area contributed by atoms with Gasteiger partial charge in [-0.2, -0.15) is 0 Å². The van der Waals surface area contributed by atoms with Crippen molar-refractivity contribution in [2.45, 2.75) is 52.0 Å². The summed E-state index contributed by atoms with van der Waals surface area (Å²) in [5.41, 5.74) is 3.24. The van der Waals surface area contributed by atoms with E-state index >= 15 is 0 Å². The first-order valence-electron chi connectivity index (χ1n) is 9.75. The van der Waals surface area contributed by atoms with Gasteiger partial charge in [0.1, 0.15) is 11.4 Å².